The van der Waals surface area contributed by atoms with Crippen molar-refractivity contribution in [2.24, 2.45) is 0 Å². The minimum absolute atomic E-state index is 0.303. The third kappa shape index (κ3) is 8.53. The van der Waals surface area contributed by atoms with Crippen molar-refractivity contribution in [3.8, 4) is 0 Å². The van der Waals surface area contributed by atoms with E-state index in [1.165, 1.54) is 82.9 Å². The van der Waals surface area contributed by atoms with E-state index in [1.54, 1.807) is 47.4 Å². The molecule has 2 aliphatic rings. The molecule has 2 aliphatic heterocycles. The largest absolute Gasteiger partial charge is 0.363 e. The fourth-order valence-corrected chi connectivity index (χ4v) is 8.84. The van der Waals surface area contributed by atoms with Gasteiger partial charge >= 0.3 is 0 Å². The van der Waals surface area contributed by atoms with Gasteiger partial charge in [-0.05, 0) is 135 Å². The van der Waals surface area contributed by atoms with E-state index in [4.69, 9.17) is 0 Å². The minimum Gasteiger partial charge on any atom is -0.363 e. The van der Waals surface area contributed by atoms with E-state index in [1.807, 2.05) is 21.9 Å². The van der Waals surface area contributed by atoms with E-state index >= 15 is 0 Å². The van der Waals surface area contributed by atoms with Crippen molar-refractivity contribution < 1.29 is 35.9 Å². The summed E-state index contributed by atoms with van der Waals surface area (Å²) in [7, 11) is 3.23. The maximum atomic E-state index is 14.5. The Labute approximate surface area is 375 Å². The molecule has 4 aromatic heterocycles. The second kappa shape index (κ2) is 18.1. The summed E-state index contributed by atoms with van der Waals surface area (Å²) in [5, 5.41) is 0. The lowest BCUT2D eigenvalue weighted by molar-refractivity contribution is 0.0980. The molecular formula is C50H42F6N8O2. The van der Waals surface area contributed by atoms with Gasteiger partial charge in [-0.2, -0.15) is 0 Å². The molecule has 2 fully saturated rings. The number of carbonyl (C=O) groups is 2. The SMILES string of the molecule is CN(C(=O)c1cnc2ccc(N3CCC[C@@H]3c3cc(F)ccc3F)cn12)c1ccc(F)cc1.CN(C(=O)c1cnc2ccc(N3CCC[C@H]3c3cc(F)ccc3F)cn12)c1ccc(F)cc1. The van der Waals surface area contributed by atoms with Gasteiger partial charge in [0.2, 0.25) is 0 Å². The highest BCUT2D eigenvalue weighted by Gasteiger charge is 2.31. The molecule has 10 rings (SSSR count). The number of anilines is 4. The Hall–Kier alpha value is -7.62. The van der Waals surface area contributed by atoms with Gasteiger partial charge in [0, 0.05) is 62.1 Å². The summed E-state index contributed by atoms with van der Waals surface area (Å²) in [6.45, 7) is 1.36. The molecule has 6 heterocycles. The van der Waals surface area contributed by atoms with Gasteiger partial charge in [-0.1, -0.05) is 0 Å². The molecule has 66 heavy (non-hydrogen) atoms. The van der Waals surface area contributed by atoms with Gasteiger partial charge in [0.1, 0.15) is 57.6 Å². The van der Waals surface area contributed by atoms with Crippen LogP contribution in [0.4, 0.5) is 49.1 Å². The van der Waals surface area contributed by atoms with Gasteiger partial charge in [0.25, 0.3) is 11.8 Å². The minimum atomic E-state index is -0.472. The standard InChI is InChI=1S/2C25H21F3N4O/c2*1-30(18-7-4-16(26)5-8-18)25(33)23-14-29-24-11-9-19(15-32(23)24)31-12-2-3-22(31)20-13-17(27)6-10-21(20)28/h2*4-11,13-15,22H,2-3,12H2,1H3/t2*22-/m10/s1. The number of carbonyl (C=O) groups excluding carboxylic acids is 2. The number of rotatable bonds is 8. The highest BCUT2D eigenvalue weighted by molar-refractivity contribution is 6.05. The third-order valence-electron chi connectivity index (χ3n) is 12.3. The maximum Gasteiger partial charge on any atom is 0.276 e. The normalized spacial score (nSPS) is 15.9. The zero-order valence-corrected chi connectivity index (χ0v) is 35.8. The first-order chi connectivity index (χ1) is 31.8. The highest BCUT2D eigenvalue weighted by Crippen LogP contribution is 2.39. The fraction of sp³-hybridized carbons (Fsp3) is 0.200. The number of halogens is 6. The van der Waals surface area contributed by atoms with Gasteiger partial charge < -0.3 is 19.6 Å². The third-order valence-corrected chi connectivity index (χ3v) is 12.3. The lowest BCUT2D eigenvalue weighted by Gasteiger charge is -2.27. The number of fused-ring (bicyclic) bond motifs is 2. The first-order valence-corrected chi connectivity index (χ1v) is 21.3. The molecule has 16 heteroatoms. The van der Waals surface area contributed by atoms with Gasteiger partial charge in [0.15, 0.2) is 0 Å². The van der Waals surface area contributed by atoms with Crippen LogP contribution in [0.5, 0.6) is 0 Å². The van der Waals surface area contributed by atoms with E-state index in [0.29, 0.717) is 71.1 Å². The molecule has 0 N–H and O–H groups in total. The second-order valence-electron chi connectivity index (χ2n) is 16.2. The van der Waals surface area contributed by atoms with Crippen molar-refractivity contribution in [1.29, 1.82) is 0 Å². The lowest BCUT2D eigenvalue weighted by atomic mass is 10.0. The van der Waals surface area contributed by atoms with Crippen LogP contribution in [0.25, 0.3) is 11.3 Å². The lowest BCUT2D eigenvalue weighted by Crippen LogP contribution is -2.27. The molecule has 4 aromatic carbocycles. The zero-order chi connectivity index (χ0) is 46.2. The maximum absolute atomic E-state index is 14.5. The van der Waals surface area contributed by atoms with E-state index in [9.17, 15) is 35.9 Å². The van der Waals surface area contributed by atoms with Crippen LogP contribution in [0.3, 0.4) is 0 Å². The van der Waals surface area contributed by atoms with E-state index < -0.39 is 23.3 Å². The molecule has 0 unspecified atom stereocenters. The number of imidazole rings is 2. The Morgan fingerprint density at radius 2 is 0.894 bits per heavy atom. The van der Waals surface area contributed by atoms with Crippen LogP contribution in [0, 0.1) is 34.9 Å². The molecule has 0 bridgehead atoms. The predicted molar refractivity (Wildman–Crippen MR) is 240 cm³/mol. The van der Waals surface area contributed by atoms with Crippen LogP contribution >= 0.6 is 0 Å². The summed E-state index contributed by atoms with van der Waals surface area (Å²) in [5.74, 6) is -3.19. The monoisotopic (exact) mass is 900 g/mol. The van der Waals surface area contributed by atoms with Crippen molar-refractivity contribution in [2.45, 2.75) is 37.8 Å². The first-order valence-electron chi connectivity index (χ1n) is 21.3. The number of benzene rings is 4. The van der Waals surface area contributed by atoms with Gasteiger partial charge in [-0.15, -0.1) is 0 Å². The molecule has 0 spiro atoms. The molecule has 2 saturated heterocycles. The van der Waals surface area contributed by atoms with E-state index in [-0.39, 0.29) is 35.5 Å². The number of amides is 2. The zero-order valence-electron chi connectivity index (χ0n) is 35.8. The van der Waals surface area contributed by atoms with Crippen LogP contribution < -0.4 is 19.6 Å². The summed E-state index contributed by atoms with van der Waals surface area (Å²) >= 11 is 0. The molecule has 336 valence electrons. The summed E-state index contributed by atoms with van der Waals surface area (Å²) in [4.78, 5) is 41.9. The van der Waals surface area contributed by atoms with Crippen molar-refractivity contribution >= 4 is 45.9 Å². The number of hydrogen-bond donors (Lipinski definition) is 0. The average Bonchev–Trinajstić information content (AvgIpc) is 4.17. The van der Waals surface area contributed by atoms with Gasteiger partial charge in [0.05, 0.1) is 35.9 Å². The molecule has 2 atom stereocenters. The molecule has 2 amide bonds. The Kier molecular flexibility index (Phi) is 12.0. The van der Waals surface area contributed by atoms with E-state index in [0.717, 1.165) is 48.5 Å². The van der Waals surface area contributed by atoms with Gasteiger partial charge in [-0.3, -0.25) is 18.4 Å². The van der Waals surface area contributed by atoms with Crippen molar-refractivity contribution in [1.82, 2.24) is 18.8 Å². The predicted octanol–water partition coefficient (Wildman–Crippen LogP) is 10.7. The Morgan fingerprint density at radius 1 is 0.515 bits per heavy atom. The molecule has 10 nitrogen and oxygen atoms in total. The summed E-state index contributed by atoms with van der Waals surface area (Å²) in [5.41, 5.74) is 5.16. The molecule has 0 aliphatic carbocycles. The van der Waals surface area contributed by atoms with E-state index in [2.05, 4.69) is 9.97 Å². The van der Waals surface area contributed by atoms with Crippen LogP contribution in [0.2, 0.25) is 0 Å². The Bertz CT molecular complexity index is 2880. The number of hydrogen-bond acceptors (Lipinski definition) is 6. The van der Waals surface area contributed by atoms with Gasteiger partial charge in [-0.25, -0.2) is 36.3 Å². The molecule has 0 radical (unpaired) electrons. The number of nitrogens with zero attached hydrogens (tertiary/aromatic N) is 8. The van der Waals surface area contributed by atoms with Crippen molar-refractivity contribution in [3.63, 3.8) is 0 Å². The average molecular weight is 901 g/mol. The topological polar surface area (TPSA) is 81.7 Å². The second-order valence-corrected chi connectivity index (χ2v) is 16.2. The molecule has 8 aromatic rings. The van der Waals surface area contributed by atoms with Crippen LogP contribution in [0.15, 0.2) is 134 Å². The van der Waals surface area contributed by atoms with Crippen LogP contribution in [-0.4, -0.2) is 57.8 Å². The van der Waals surface area contributed by atoms with Crippen LogP contribution in [0.1, 0.15) is 69.9 Å². The summed E-state index contributed by atoms with van der Waals surface area (Å²) in [6.07, 6.45) is 9.64. The van der Waals surface area contributed by atoms with Crippen molar-refractivity contribution in [2.75, 3.05) is 46.8 Å². The summed E-state index contributed by atoms with van der Waals surface area (Å²) < 4.78 is 86.5. The molecular weight excluding hydrogens is 859 g/mol. The highest BCUT2D eigenvalue weighted by atomic mass is 19.1. The Morgan fingerprint density at radius 3 is 1.29 bits per heavy atom. The van der Waals surface area contributed by atoms with Crippen LogP contribution in [-0.2, 0) is 0 Å². The van der Waals surface area contributed by atoms with Crippen molar-refractivity contribution in [3.05, 3.63) is 191 Å². The Balaban J connectivity index is 0.000000166. The number of aromatic nitrogens is 4. The first kappa shape index (κ1) is 43.6. The quantitative estimate of drug-likeness (QED) is 0.141. The fourth-order valence-electron chi connectivity index (χ4n) is 8.84. The smallest absolute Gasteiger partial charge is 0.276 e. The number of pyridine rings is 2. The molecule has 0 saturated carbocycles. The summed E-state index contributed by atoms with van der Waals surface area (Å²) in [6, 6.07) is 25.1.